The fourth-order valence-corrected chi connectivity index (χ4v) is 8.33. The van der Waals surface area contributed by atoms with E-state index in [1.54, 1.807) is 4.18 Å². The van der Waals surface area contributed by atoms with Gasteiger partial charge in [0.25, 0.3) is 0 Å². The number of halogens is 2. The molecule has 0 aliphatic carbocycles. The van der Waals surface area contributed by atoms with Gasteiger partial charge in [-0.25, -0.2) is 0 Å². The van der Waals surface area contributed by atoms with Gasteiger partial charge in [0.1, 0.15) is 0 Å². The topological polar surface area (TPSA) is 0 Å². The molecule has 3 heteroatoms. The molecule has 0 unspecified atom stereocenters. The standard InChI is InChI=1S/C5H8Br2.In/c1-2-3-4-5(6)7;/h1-4H2;. The molecule has 0 aromatic carbocycles. The summed E-state index contributed by atoms with van der Waals surface area (Å²) in [7, 11) is 0. The van der Waals surface area contributed by atoms with E-state index >= 15 is 0 Å². The van der Waals surface area contributed by atoms with E-state index < -0.39 is 0 Å². The zero-order valence-electron chi connectivity index (χ0n) is 4.66. The predicted molar refractivity (Wildman–Crippen MR) is 45.0 cm³/mol. The second-order valence-corrected chi connectivity index (χ2v) is 16.6. The molecule has 0 atom stereocenters. The fourth-order valence-electron chi connectivity index (χ4n) is 0.920. The Hall–Kier alpha value is 1.83. The number of hydrogen-bond acceptors (Lipinski definition) is 0. The van der Waals surface area contributed by atoms with Crippen LogP contribution in [0, 0.1) is 0 Å². The van der Waals surface area contributed by atoms with Crippen LogP contribution in [0.3, 0.4) is 0 Å². The van der Waals surface area contributed by atoms with Gasteiger partial charge in [-0.3, -0.25) is 0 Å². The van der Waals surface area contributed by atoms with E-state index in [0.717, 1.165) is 0 Å². The van der Waals surface area contributed by atoms with Gasteiger partial charge in [-0.1, -0.05) is 0 Å². The molecule has 8 heavy (non-hydrogen) atoms. The third-order valence-electron chi connectivity index (χ3n) is 1.41. The Kier molecular flexibility index (Phi) is 3.26. The molecule has 0 N–H and O–H groups in total. The molecule has 45 valence electrons. The molecule has 1 aliphatic heterocycles. The van der Waals surface area contributed by atoms with Crippen LogP contribution in [0.2, 0.25) is 4.18 Å². The zero-order chi connectivity index (χ0) is 6.04. The van der Waals surface area contributed by atoms with E-state index in [1.807, 2.05) is 0 Å². The first-order chi connectivity index (χ1) is 3.71. The molecular formula is C5H8Br2In. The van der Waals surface area contributed by atoms with Gasteiger partial charge in [-0.2, -0.15) is 0 Å². The first-order valence-electron chi connectivity index (χ1n) is 2.93. The third kappa shape index (κ3) is 2.61. The second kappa shape index (κ2) is 3.29. The first kappa shape index (κ1) is 7.93. The third-order valence-corrected chi connectivity index (χ3v) is 11.1. The van der Waals surface area contributed by atoms with Gasteiger partial charge in [0.15, 0.2) is 0 Å². The molecule has 0 aromatic heterocycles. The summed E-state index contributed by atoms with van der Waals surface area (Å²) in [4.78, 5) is 0. The minimum atomic E-state index is -0.241. The first-order valence-corrected chi connectivity index (χ1v) is 8.49. The van der Waals surface area contributed by atoms with Gasteiger partial charge in [0.05, 0.1) is 0 Å². The molecule has 1 aliphatic rings. The van der Waals surface area contributed by atoms with Gasteiger partial charge >= 0.3 is 79.2 Å². The molecule has 0 nitrogen and oxygen atoms in total. The van der Waals surface area contributed by atoms with E-state index in [9.17, 15) is 0 Å². The van der Waals surface area contributed by atoms with Crippen molar-refractivity contribution < 1.29 is 0 Å². The van der Waals surface area contributed by atoms with E-state index in [4.69, 9.17) is 0 Å². The van der Waals surface area contributed by atoms with Gasteiger partial charge in [0.2, 0.25) is 0 Å². The summed E-state index contributed by atoms with van der Waals surface area (Å²) in [6, 6.07) is 0. The minimum absolute atomic E-state index is 0.241. The van der Waals surface area contributed by atoms with Crippen LogP contribution in [-0.2, 0) is 0 Å². The SMILES string of the molecule is Br[C]1(Br)CCC[CH2][In]1. The molecule has 0 saturated carbocycles. The molecule has 1 heterocycles. The van der Waals surface area contributed by atoms with Crippen LogP contribution in [0.25, 0.3) is 0 Å². The van der Waals surface area contributed by atoms with Gasteiger partial charge in [-0.05, 0) is 0 Å². The van der Waals surface area contributed by atoms with E-state index in [1.165, 1.54) is 19.3 Å². The van der Waals surface area contributed by atoms with E-state index in [-0.39, 0.29) is 22.9 Å². The van der Waals surface area contributed by atoms with Gasteiger partial charge in [0, 0.05) is 0 Å². The van der Waals surface area contributed by atoms with Crippen molar-refractivity contribution in [3.8, 4) is 0 Å². The maximum absolute atomic E-state index is 3.69. The zero-order valence-corrected chi connectivity index (χ0v) is 11.1. The van der Waals surface area contributed by atoms with Crippen molar-refractivity contribution in [3.63, 3.8) is 0 Å². The van der Waals surface area contributed by atoms with E-state index in [2.05, 4.69) is 31.9 Å². The molecular weight excluding hydrogens is 335 g/mol. The Balaban J connectivity index is 2.33. The average molecular weight is 343 g/mol. The van der Waals surface area contributed by atoms with Crippen molar-refractivity contribution in [2.24, 2.45) is 0 Å². The quantitative estimate of drug-likeness (QED) is 0.594. The van der Waals surface area contributed by atoms with Crippen LogP contribution in [0.4, 0.5) is 0 Å². The number of hydrogen-bond donors (Lipinski definition) is 0. The summed E-state index contributed by atoms with van der Waals surface area (Å²) in [5, 5.41) is 0. The molecule has 0 bridgehead atoms. The Labute approximate surface area is 78.4 Å². The summed E-state index contributed by atoms with van der Waals surface area (Å²) in [6.07, 6.45) is 4.29. The summed E-state index contributed by atoms with van der Waals surface area (Å²) >= 11 is 7.15. The summed E-state index contributed by atoms with van der Waals surface area (Å²) in [6.45, 7) is 0. The Morgan fingerprint density at radius 1 is 1.25 bits per heavy atom. The second-order valence-electron chi connectivity index (χ2n) is 2.21. The van der Waals surface area contributed by atoms with Gasteiger partial charge < -0.3 is 0 Å². The van der Waals surface area contributed by atoms with Crippen molar-refractivity contribution >= 4 is 54.8 Å². The van der Waals surface area contributed by atoms with Crippen molar-refractivity contribution in [1.29, 1.82) is 0 Å². The van der Waals surface area contributed by atoms with Crippen molar-refractivity contribution in [3.05, 3.63) is 0 Å². The molecule has 0 aromatic rings. The van der Waals surface area contributed by atoms with Crippen molar-refractivity contribution in [1.82, 2.24) is 0 Å². The summed E-state index contributed by atoms with van der Waals surface area (Å²) < 4.78 is 2.06. The number of alkyl halides is 2. The van der Waals surface area contributed by atoms with Crippen LogP contribution in [0.15, 0.2) is 0 Å². The van der Waals surface area contributed by atoms with Crippen molar-refractivity contribution in [2.75, 3.05) is 0 Å². The Morgan fingerprint density at radius 2 is 2.00 bits per heavy atom. The van der Waals surface area contributed by atoms with Crippen LogP contribution in [-0.4, -0.2) is 23.9 Å². The monoisotopic (exact) mass is 341 g/mol. The molecule has 1 rings (SSSR count). The molecule has 1 fully saturated rings. The normalized spacial score (nSPS) is 26.8. The average Bonchev–Trinajstić information content (AvgIpc) is 1.65. The summed E-state index contributed by atoms with van der Waals surface area (Å²) in [5.74, 6) is 0. The van der Waals surface area contributed by atoms with Crippen LogP contribution in [0.5, 0.6) is 0 Å². The van der Waals surface area contributed by atoms with Gasteiger partial charge in [-0.15, -0.1) is 0 Å². The number of rotatable bonds is 0. The Bertz CT molecular complexity index is 74.5. The van der Waals surface area contributed by atoms with Crippen LogP contribution in [0.1, 0.15) is 19.3 Å². The van der Waals surface area contributed by atoms with Crippen LogP contribution < -0.4 is 0 Å². The molecule has 0 spiro atoms. The Morgan fingerprint density at radius 3 is 2.25 bits per heavy atom. The fraction of sp³-hybridized carbons (Fsp3) is 1.00. The van der Waals surface area contributed by atoms with Crippen molar-refractivity contribution in [2.45, 2.75) is 24.4 Å². The molecule has 1 saturated heterocycles. The maximum atomic E-state index is 3.69. The molecule has 0 amide bonds. The molecule has 1 radical (unpaired) electrons. The van der Waals surface area contributed by atoms with E-state index in [0.29, 0.717) is 0.990 Å². The summed E-state index contributed by atoms with van der Waals surface area (Å²) in [5.41, 5.74) is 0. The van der Waals surface area contributed by atoms with Crippen LogP contribution >= 0.6 is 31.9 Å². The predicted octanol–water partition coefficient (Wildman–Crippen LogP) is 2.74.